The number of benzene rings is 1. The van der Waals surface area contributed by atoms with E-state index in [1.165, 1.54) is 6.42 Å². The molecule has 0 unspecified atom stereocenters. The molecule has 0 saturated carbocycles. The second-order valence-electron chi connectivity index (χ2n) is 4.84. The normalized spacial score (nSPS) is 10.4. The summed E-state index contributed by atoms with van der Waals surface area (Å²) in [5.74, 6) is 6.02. The van der Waals surface area contributed by atoms with Crippen LogP contribution in [0, 0.1) is 5.92 Å². The largest absolute Gasteiger partial charge is 0.352 e. The van der Waals surface area contributed by atoms with Crippen molar-refractivity contribution in [3.8, 4) is 0 Å². The van der Waals surface area contributed by atoms with E-state index < -0.39 is 0 Å². The topological polar surface area (TPSA) is 67.2 Å². The lowest BCUT2D eigenvalue weighted by Crippen LogP contribution is -2.26. The average Bonchev–Trinajstić information content (AvgIpc) is 2.37. The van der Waals surface area contributed by atoms with Crippen LogP contribution in [0.3, 0.4) is 0 Å². The van der Waals surface area contributed by atoms with Crippen LogP contribution in [0.15, 0.2) is 24.3 Å². The van der Waals surface area contributed by atoms with Crippen LogP contribution in [0.2, 0.25) is 0 Å². The van der Waals surface area contributed by atoms with Crippen molar-refractivity contribution in [2.75, 3.05) is 12.0 Å². The zero-order chi connectivity index (χ0) is 13.4. The molecule has 0 aliphatic carbocycles. The van der Waals surface area contributed by atoms with Crippen LogP contribution in [-0.2, 0) is 0 Å². The second-order valence-corrected chi connectivity index (χ2v) is 4.84. The lowest BCUT2D eigenvalue weighted by molar-refractivity contribution is 0.0953. The monoisotopic (exact) mass is 249 g/mol. The molecule has 0 bridgehead atoms. The molecule has 0 aromatic heterocycles. The van der Waals surface area contributed by atoms with E-state index in [2.05, 4.69) is 24.6 Å². The van der Waals surface area contributed by atoms with Crippen molar-refractivity contribution in [1.29, 1.82) is 0 Å². The minimum atomic E-state index is -0.0758. The third-order valence-corrected chi connectivity index (χ3v) is 2.82. The van der Waals surface area contributed by atoms with Gasteiger partial charge in [-0.15, -0.1) is 0 Å². The van der Waals surface area contributed by atoms with Gasteiger partial charge in [0.1, 0.15) is 0 Å². The number of unbranched alkanes of at least 4 members (excludes halogenated alkanes) is 1. The summed E-state index contributed by atoms with van der Waals surface area (Å²) < 4.78 is 0. The molecular formula is C14H23N3O. The highest BCUT2D eigenvalue weighted by molar-refractivity contribution is 5.99. The van der Waals surface area contributed by atoms with Crippen LogP contribution in [0.25, 0.3) is 0 Å². The number of carbonyl (C=O) groups excluding carboxylic acids is 1. The molecular weight excluding hydrogens is 226 g/mol. The highest BCUT2D eigenvalue weighted by Crippen LogP contribution is 2.13. The van der Waals surface area contributed by atoms with Crippen molar-refractivity contribution in [3.63, 3.8) is 0 Å². The molecule has 0 fully saturated rings. The number of rotatable bonds is 7. The van der Waals surface area contributed by atoms with E-state index in [0.29, 0.717) is 17.8 Å². The van der Waals surface area contributed by atoms with Gasteiger partial charge in [-0.2, -0.15) is 0 Å². The zero-order valence-electron chi connectivity index (χ0n) is 11.2. The van der Waals surface area contributed by atoms with E-state index in [1.54, 1.807) is 12.1 Å². The quantitative estimate of drug-likeness (QED) is 0.395. The van der Waals surface area contributed by atoms with Crippen LogP contribution in [0.1, 0.15) is 43.5 Å². The number of hydrogen-bond acceptors (Lipinski definition) is 3. The van der Waals surface area contributed by atoms with Crippen molar-refractivity contribution in [3.05, 3.63) is 29.8 Å². The van der Waals surface area contributed by atoms with Crippen LogP contribution in [0.5, 0.6) is 0 Å². The molecule has 4 N–H and O–H groups in total. The number of nitrogen functional groups attached to an aromatic ring is 1. The van der Waals surface area contributed by atoms with Crippen LogP contribution >= 0.6 is 0 Å². The molecule has 100 valence electrons. The summed E-state index contributed by atoms with van der Waals surface area (Å²) in [5, 5.41) is 2.91. The molecule has 1 rings (SSSR count). The van der Waals surface area contributed by atoms with E-state index in [9.17, 15) is 4.79 Å². The summed E-state index contributed by atoms with van der Waals surface area (Å²) in [6, 6.07) is 7.22. The van der Waals surface area contributed by atoms with Gasteiger partial charge >= 0.3 is 0 Å². The zero-order valence-corrected chi connectivity index (χ0v) is 11.2. The molecule has 0 aliphatic rings. The van der Waals surface area contributed by atoms with Gasteiger partial charge in [0, 0.05) is 6.54 Å². The fourth-order valence-corrected chi connectivity index (χ4v) is 1.78. The third-order valence-electron chi connectivity index (χ3n) is 2.82. The van der Waals surface area contributed by atoms with Gasteiger partial charge in [0.2, 0.25) is 0 Å². The van der Waals surface area contributed by atoms with Gasteiger partial charge in [0.25, 0.3) is 5.91 Å². The Morgan fingerprint density at radius 3 is 2.67 bits per heavy atom. The Kier molecular flexibility index (Phi) is 6.22. The molecule has 1 aromatic carbocycles. The van der Waals surface area contributed by atoms with E-state index in [4.69, 9.17) is 5.84 Å². The Bertz CT molecular complexity index is 377. The summed E-state index contributed by atoms with van der Waals surface area (Å²) in [6.45, 7) is 5.13. The van der Waals surface area contributed by atoms with Crippen LogP contribution in [0.4, 0.5) is 5.69 Å². The predicted molar refractivity (Wildman–Crippen MR) is 75.3 cm³/mol. The van der Waals surface area contributed by atoms with Gasteiger partial charge in [-0.05, 0) is 24.5 Å². The molecule has 0 spiro atoms. The number of nitrogens with one attached hydrogen (secondary N) is 2. The Labute approximate surface area is 109 Å². The fourth-order valence-electron chi connectivity index (χ4n) is 1.78. The van der Waals surface area contributed by atoms with Crippen molar-refractivity contribution in [1.82, 2.24) is 5.32 Å². The Balaban J connectivity index is 2.36. The highest BCUT2D eigenvalue weighted by atomic mass is 16.1. The van der Waals surface area contributed by atoms with E-state index in [-0.39, 0.29) is 5.91 Å². The van der Waals surface area contributed by atoms with Gasteiger partial charge < -0.3 is 10.7 Å². The molecule has 4 nitrogen and oxygen atoms in total. The second kappa shape index (κ2) is 7.71. The third kappa shape index (κ3) is 4.75. The minimum absolute atomic E-state index is 0.0758. The van der Waals surface area contributed by atoms with E-state index in [0.717, 1.165) is 18.8 Å². The minimum Gasteiger partial charge on any atom is -0.352 e. The first kappa shape index (κ1) is 14.5. The SMILES string of the molecule is CC(C)CCCCNC(=O)c1ccccc1NN. The Hall–Kier alpha value is -1.55. The van der Waals surface area contributed by atoms with Crippen molar-refractivity contribution < 1.29 is 4.79 Å². The molecule has 1 aromatic rings. The first-order chi connectivity index (χ1) is 8.65. The van der Waals surface area contributed by atoms with Gasteiger partial charge in [-0.25, -0.2) is 0 Å². The molecule has 0 aliphatic heterocycles. The molecule has 4 heteroatoms. The van der Waals surface area contributed by atoms with Gasteiger partial charge in [-0.1, -0.05) is 38.8 Å². The molecule has 1 amide bonds. The highest BCUT2D eigenvalue weighted by Gasteiger charge is 2.08. The van der Waals surface area contributed by atoms with E-state index in [1.807, 2.05) is 12.1 Å². The maximum Gasteiger partial charge on any atom is 0.253 e. The number of carbonyl (C=O) groups is 1. The number of para-hydroxylation sites is 1. The van der Waals surface area contributed by atoms with Crippen molar-refractivity contribution in [2.45, 2.75) is 33.1 Å². The van der Waals surface area contributed by atoms with E-state index >= 15 is 0 Å². The summed E-state index contributed by atoms with van der Waals surface area (Å²) in [4.78, 5) is 11.9. The number of anilines is 1. The van der Waals surface area contributed by atoms with Gasteiger partial charge in [0.05, 0.1) is 11.3 Å². The number of hydrogen-bond donors (Lipinski definition) is 3. The average molecular weight is 249 g/mol. The smallest absolute Gasteiger partial charge is 0.253 e. The van der Waals surface area contributed by atoms with Crippen LogP contribution < -0.4 is 16.6 Å². The number of amides is 1. The molecule has 0 heterocycles. The summed E-state index contributed by atoms with van der Waals surface area (Å²) >= 11 is 0. The first-order valence-electron chi connectivity index (χ1n) is 6.49. The first-order valence-corrected chi connectivity index (χ1v) is 6.49. The maximum absolute atomic E-state index is 11.9. The lowest BCUT2D eigenvalue weighted by atomic mass is 10.1. The standard InChI is InChI=1S/C14H23N3O/c1-11(2)7-5-6-10-16-14(18)12-8-3-4-9-13(12)17-15/h3-4,8-9,11,17H,5-7,10,15H2,1-2H3,(H,16,18). The van der Waals surface area contributed by atoms with Crippen LogP contribution in [-0.4, -0.2) is 12.5 Å². The molecule has 0 radical (unpaired) electrons. The molecule has 0 atom stereocenters. The number of hydrazine groups is 1. The Morgan fingerprint density at radius 2 is 2.00 bits per heavy atom. The lowest BCUT2D eigenvalue weighted by Gasteiger charge is -2.09. The van der Waals surface area contributed by atoms with Gasteiger partial charge in [0.15, 0.2) is 0 Å². The summed E-state index contributed by atoms with van der Waals surface area (Å²) in [6.07, 6.45) is 3.37. The molecule has 0 saturated heterocycles. The van der Waals surface area contributed by atoms with Gasteiger partial charge in [-0.3, -0.25) is 10.6 Å². The molecule has 18 heavy (non-hydrogen) atoms. The Morgan fingerprint density at radius 1 is 1.28 bits per heavy atom. The van der Waals surface area contributed by atoms with Crippen molar-refractivity contribution >= 4 is 11.6 Å². The summed E-state index contributed by atoms with van der Waals surface area (Å²) in [7, 11) is 0. The maximum atomic E-state index is 11.9. The van der Waals surface area contributed by atoms with Crippen molar-refractivity contribution in [2.24, 2.45) is 11.8 Å². The number of nitrogens with two attached hydrogens (primary N) is 1. The fraction of sp³-hybridized carbons (Fsp3) is 0.500. The predicted octanol–water partition coefficient (Wildman–Crippen LogP) is 2.53. The summed E-state index contributed by atoms with van der Waals surface area (Å²) in [5.41, 5.74) is 3.77.